The van der Waals surface area contributed by atoms with Crippen molar-refractivity contribution in [1.29, 1.82) is 0 Å². The highest BCUT2D eigenvalue weighted by Crippen LogP contribution is 2.22. The molecule has 1 aliphatic heterocycles. The molecule has 0 spiro atoms. The van der Waals surface area contributed by atoms with E-state index in [9.17, 15) is 8.42 Å². The lowest BCUT2D eigenvalue weighted by Crippen LogP contribution is -2.33. The standard InChI is InChI=1S/C13H19BrClN3O2S/c14-11-9-12(13(15)16-10-11)21(19,20)17-5-4-8-18-6-2-1-3-7-18/h9-10,17H,1-8H2. The van der Waals surface area contributed by atoms with Crippen molar-refractivity contribution in [3.05, 3.63) is 21.9 Å². The first-order valence-corrected chi connectivity index (χ1v) is 9.67. The van der Waals surface area contributed by atoms with Crippen LogP contribution in [0.4, 0.5) is 0 Å². The first kappa shape index (κ1) is 17.1. The zero-order valence-corrected chi connectivity index (χ0v) is 14.8. The molecule has 1 fully saturated rings. The first-order chi connectivity index (χ1) is 9.99. The van der Waals surface area contributed by atoms with E-state index in [1.54, 1.807) is 0 Å². The van der Waals surface area contributed by atoms with E-state index in [-0.39, 0.29) is 10.0 Å². The molecule has 0 bridgehead atoms. The minimum absolute atomic E-state index is 0.0107. The second-order valence-electron chi connectivity index (χ2n) is 5.10. The number of hydrogen-bond acceptors (Lipinski definition) is 4. The summed E-state index contributed by atoms with van der Waals surface area (Å²) >= 11 is 9.06. The van der Waals surface area contributed by atoms with E-state index >= 15 is 0 Å². The fourth-order valence-corrected chi connectivity index (χ4v) is 4.38. The van der Waals surface area contributed by atoms with E-state index in [0.29, 0.717) is 11.0 Å². The van der Waals surface area contributed by atoms with Crippen LogP contribution in [0.2, 0.25) is 5.15 Å². The molecule has 1 aromatic rings. The Balaban J connectivity index is 1.85. The van der Waals surface area contributed by atoms with Crippen molar-refractivity contribution >= 4 is 37.6 Å². The van der Waals surface area contributed by atoms with E-state index in [4.69, 9.17) is 11.6 Å². The summed E-state index contributed by atoms with van der Waals surface area (Å²) in [4.78, 5) is 6.23. The maximum Gasteiger partial charge on any atom is 0.243 e. The fraction of sp³-hybridized carbons (Fsp3) is 0.615. The molecule has 0 atom stereocenters. The Morgan fingerprint density at radius 2 is 2.05 bits per heavy atom. The maximum atomic E-state index is 12.2. The SMILES string of the molecule is O=S(=O)(NCCCN1CCCCC1)c1cc(Br)cnc1Cl. The number of nitrogens with one attached hydrogen (secondary N) is 1. The molecule has 1 aliphatic rings. The highest BCUT2D eigenvalue weighted by molar-refractivity contribution is 9.10. The number of piperidine rings is 1. The van der Waals surface area contributed by atoms with Crippen molar-refractivity contribution in [1.82, 2.24) is 14.6 Å². The number of aromatic nitrogens is 1. The largest absolute Gasteiger partial charge is 0.303 e. The lowest BCUT2D eigenvalue weighted by molar-refractivity contribution is 0.227. The molecule has 1 saturated heterocycles. The number of nitrogens with zero attached hydrogens (tertiary/aromatic N) is 2. The third kappa shape index (κ3) is 5.17. The second-order valence-corrected chi connectivity index (χ2v) is 8.11. The van der Waals surface area contributed by atoms with Gasteiger partial charge in [-0.1, -0.05) is 18.0 Å². The van der Waals surface area contributed by atoms with Crippen LogP contribution in [-0.4, -0.2) is 44.5 Å². The topological polar surface area (TPSA) is 62.3 Å². The van der Waals surface area contributed by atoms with Crippen LogP contribution in [0.3, 0.4) is 0 Å². The summed E-state index contributed by atoms with van der Waals surface area (Å²) in [5, 5.41) is -0.0123. The molecule has 118 valence electrons. The lowest BCUT2D eigenvalue weighted by atomic mass is 10.1. The molecule has 0 aliphatic carbocycles. The van der Waals surface area contributed by atoms with Gasteiger partial charge in [0.1, 0.15) is 10.0 Å². The number of likely N-dealkylation sites (tertiary alicyclic amines) is 1. The van der Waals surface area contributed by atoms with Crippen LogP contribution in [-0.2, 0) is 10.0 Å². The van der Waals surface area contributed by atoms with Crippen molar-refractivity contribution in [3.63, 3.8) is 0 Å². The quantitative estimate of drug-likeness (QED) is 0.593. The average Bonchev–Trinajstić information content (AvgIpc) is 2.47. The molecule has 5 nitrogen and oxygen atoms in total. The van der Waals surface area contributed by atoms with Gasteiger partial charge in [0.15, 0.2) is 0 Å². The van der Waals surface area contributed by atoms with Crippen LogP contribution in [0, 0.1) is 0 Å². The Labute approximate surface area is 139 Å². The monoisotopic (exact) mass is 395 g/mol. The number of pyridine rings is 1. The van der Waals surface area contributed by atoms with Gasteiger partial charge in [-0.3, -0.25) is 0 Å². The van der Waals surface area contributed by atoms with Gasteiger partial charge in [-0.15, -0.1) is 0 Å². The summed E-state index contributed by atoms with van der Waals surface area (Å²) < 4.78 is 27.5. The Kier molecular flexibility index (Phi) is 6.43. The van der Waals surface area contributed by atoms with Crippen LogP contribution >= 0.6 is 27.5 Å². The van der Waals surface area contributed by atoms with Gasteiger partial charge in [0.05, 0.1) is 0 Å². The summed E-state index contributed by atoms with van der Waals surface area (Å²) in [6.45, 7) is 3.57. The van der Waals surface area contributed by atoms with Gasteiger partial charge in [0.2, 0.25) is 10.0 Å². The lowest BCUT2D eigenvalue weighted by Gasteiger charge is -2.26. The van der Waals surface area contributed by atoms with E-state index in [2.05, 4.69) is 30.5 Å². The third-order valence-corrected chi connectivity index (χ3v) is 5.78. The molecule has 0 radical (unpaired) electrons. The van der Waals surface area contributed by atoms with Crippen LogP contribution in [0.1, 0.15) is 25.7 Å². The number of hydrogen-bond donors (Lipinski definition) is 1. The zero-order chi connectivity index (χ0) is 15.3. The molecule has 1 aromatic heterocycles. The summed E-state index contributed by atoms with van der Waals surface area (Å²) in [6, 6.07) is 1.46. The van der Waals surface area contributed by atoms with E-state index in [1.165, 1.54) is 31.5 Å². The van der Waals surface area contributed by atoms with Gasteiger partial charge in [-0.05, 0) is 60.9 Å². The first-order valence-electron chi connectivity index (χ1n) is 7.02. The van der Waals surface area contributed by atoms with Gasteiger partial charge < -0.3 is 4.90 Å². The molecular formula is C13H19BrClN3O2S. The fourth-order valence-electron chi connectivity index (χ4n) is 2.36. The molecule has 1 N–H and O–H groups in total. The zero-order valence-electron chi connectivity index (χ0n) is 11.7. The van der Waals surface area contributed by atoms with Crippen LogP contribution in [0.15, 0.2) is 21.6 Å². The van der Waals surface area contributed by atoms with Crippen molar-refractivity contribution in [2.75, 3.05) is 26.2 Å². The number of sulfonamides is 1. The van der Waals surface area contributed by atoms with Gasteiger partial charge in [0.25, 0.3) is 0 Å². The normalized spacial score (nSPS) is 17.0. The highest BCUT2D eigenvalue weighted by Gasteiger charge is 2.19. The summed E-state index contributed by atoms with van der Waals surface area (Å²) in [5.74, 6) is 0. The Morgan fingerprint density at radius 3 is 2.76 bits per heavy atom. The van der Waals surface area contributed by atoms with Crippen molar-refractivity contribution in [2.24, 2.45) is 0 Å². The predicted octanol–water partition coefficient (Wildman–Crippen LogP) is 2.65. The molecule has 0 amide bonds. The van der Waals surface area contributed by atoms with E-state index in [1.807, 2.05) is 0 Å². The Hall–Kier alpha value is -0.210. The Morgan fingerprint density at radius 1 is 1.33 bits per heavy atom. The molecular weight excluding hydrogens is 378 g/mol. The maximum absolute atomic E-state index is 12.2. The van der Waals surface area contributed by atoms with Gasteiger partial charge in [0, 0.05) is 17.2 Å². The van der Waals surface area contributed by atoms with Crippen molar-refractivity contribution < 1.29 is 8.42 Å². The predicted molar refractivity (Wildman–Crippen MR) is 87.0 cm³/mol. The molecule has 2 heterocycles. The molecule has 0 aromatic carbocycles. The number of rotatable bonds is 6. The van der Waals surface area contributed by atoms with E-state index < -0.39 is 10.0 Å². The molecule has 0 unspecified atom stereocenters. The van der Waals surface area contributed by atoms with Crippen LogP contribution in [0.25, 0.3) is 0 Å². The molecule has 2 rings (SSSR count). The highest BCUT2D eigenvalue weighted by atomic mass is 79.9. The van der Waals surface area contributed by atoms with Gasteiger partial charge in [-0.2, -0.15) is 0 Å². The minimum atomic E-state index is -3.61. The van der Waals surface area contributed by atoms with Crippen LogP contribution < -0.4 is 4.72 Å². The van der Waals surface area contributed by atoms with Gasteiger partial charge >= 0.3 is 0 Å². The average molecular weight is 397 g/mol. The molecule has 0 saturated carbocycles. The summed E-state index contributed by atoms with van der Waals surface area (Å²) in [6.07, 6.45) is 6.05. The number of halogens is 2. The molecule has 21 heavy (non-hydrogen) atoms. The summed E-state index contributed by atoms with van der Waals surface area (Å²) in [7, 11) is -3.61. The molecule has 8 heteroatoms. The third-order valence-electron chi connectivity index (χ3n) is 3.45. The Bertz CT molecular complexity index is 577. The van der Waals surface area contributed by atoms with Crippen molar-refractivity contribution in [2.45, 2.75) is 30.6 Å². The second kappa shape index (κ2) is 7.87. The van der Waals surface area contributed by atoms with Gasteiger partial charge in [-0.25, -0.2) is 18.1 Å². The minimum Gasteiger partial charge on any atom is -0.303 e. The summed E-state index contributed by atoms with van der Waals surface area (Å²) in [5.41, 5.74) is 0. The van der Waals surface area contributed by atoms with E-state index in [0.717, 1.165) is 26.1 Å². The van der Waals surface area contributed by atoms with Crippen molar-refractivity contribution in [3.8, 4) is 0 Å². The van der Waals surface area contributed by atoms with Crippen LogP contribution in [0.5, 0.6) is 0 Å². The smallest absolute Gasteiger partial charge is 0.243 e.